The Morgan fingerprint density at radius 3 is 2.37 bits per heavy atom. The van der Waals surface area contributed by atoms with Crippen molar-refractivity contribution in [3.8, 4) is 0 Å². The summed E-state index contributed by atoms with van der Waals surface area (Å²) in [5.41, 5.74) is 4.87. The van der Waals surface area contributed by atoms with Crippen LogP contribution in [0, 0.1) is 5.92 Å². The summed E-state index contributed by atoms with van der Waals surface area (Å²) in [6.07, 6.45) is 6.08. The largest absolute Gasteiger partial charge is 0.371 e. The summed E-state index contributed by atoms with van der Waals surface area (Å²) in [4.78, 5) is 14.8. The number of hydrogen-bond acceptors (Lipinski definition) is 2. The molecule has 2 aromatic rings. The maximum Gasteiger partial charge on any atom is 0.244 e. The average molecular weight is 405 g/mol. The highest BCUT2D eigenvalue weighted by Crippen LogP contribution is 2.25. The van der Waals surface area contributed by atoms with Gasteiger partial charge in [0.15, 0.2) is 0 Å². The summed E-state index contributed by atoms with van der Waals surface area (Å²) in [6, 6.07) is 17.0. The van der Waals surface area contributed by atoms with Gasteiger partial charge in [0.1, 0.15) is 0 Å². The van der Waals surface area contributed by atoms with E-state index >= 15 is 0 Å². The Morgan fingerprint density at radius 1 is 1.10 bits per heavy atom. The van der Waals surface area contributed by atoms with Crippen molar-refractivity contribution in [1.82, 2.24) is 5.32 Å². The van der Waals surface area contributed by atoms with Crippen molar-refractivity contribution in [1.29, 1.82) is 0 Å². The third-order valence-electron chi connectivity index (χ3n) is 5.98. The highest BCUT2D eigenvalue weighted by Gasteiger charge is 2.17. The zero-order valence-corrected chi connectivity index (χ0v) is 19.1. The minimum absolute atomic E-state index is 0.0280. The molecular weight excluding hydrogens is 368 g/mol. The van der Waals surface area contributed by atoms with Gasteiger partial charge in [0.05, 0.1) is 6.04 Å². The number of nitrogens with one attached hydrogen (secondary N) is 1. The van der Waals surface area contributed by atoms with Crippen molar-refractivity contribution in [2.45, 2.75) is 58.9 Å². The van der Waals surface area contributed by atoms with E-state index < -0.39 is 0 Å². The van der Waals surface area contributed by atoms with Crippen LogP contribution in [0.3, 0.4) is 0 Å². The number of amides is 1. The molecule has 1 saturated heterocycles. The van der Waals surface area contributed by atoms with Gasteiger partial charge in [0, 0.05) is 24.9 Å². The van der Waals surface area contributed by atoms with Crippen molar-refractivity contribution in [3.05, 3.63) is 71.3 Å². The van der Waals surface area contributed by atoms with Gasteiger partial charge in [-0.05, 0) is 66.0 Å². The Morgan fingerprint density at radius 2 is 1.77 bits per heavy atom. The zero-order chi connectivity index (χ0) is 21.7. The molecule has 160 valence electrons. The van der Waals surface area contributed by atoms with E-state index in [4.69, 9.17) is 0 Å². The van der Waals surface area contributed by atoms with Crippen molar-refractivity contribution >= 4 is 17.7 Å². The van der Waals surface area contributed by atoms with E-state index in [0.29, 0.717) is 0 Å². The molecule has 2 aromatic carbocycles. The minimum Gasteiger partial charge on any atom is -0.371 e. The molecule has 1 fully saturated rings. The van der Waals surface area contributed by atoms with Crippen molar-refractivity contribution in [3.63, 3.8) is 0 Å². The zero-order valence-electron chi connectivity index (χ0n) is 19.1. The molecule has 0 radical (unpaired) electrons. The van der Waals surface area contributed by atoms with Crippen LogP contribution >= 0.6 is 0 Å². The number of carbonyl (C=O) groups is 1. The Labute approximate surface area is 182 Å². The first-order valence-corrected chi connectivity index (χ1v) is 11.2. The van der Waals surface area contributed by atoms with E-state index in [1.807, 2.05) is 13.0 Å². The third-order valence-corrected chi connectivity index (χ3v) is 5.98. The molecule has 30 heavy (non-hydrogen) atoms. The van der Waals surface area contributed by atoms with Gasteiger partial charge in [-0.25, -0.2) is 0 Å². The normalized spacial score (nSPS) is 18.4. The number of piperidine rings is 1. The van der Waals surface area contributed by atoms with Crippen LogP contribution in [0.25, 0.3) is 6.08 Å². The van der Waals surface area contributed by atoms with Crippen molar-refractivity contribution in [2.75, 3.05) is 18.0 Å². The smallest absolute Gasteiger partial charge is 0.244 e. The Hall–Kier alpha value is -2.55. The number of carbonyl (C=O) groups excluding carboxylic acids is 1. The Balaban J connectivity index is 1.55. The third kappa shape index (κ3) is 5.98. The van der Waals surface area contributed by atoms with Crippen LogP contribution in [0.5, 0.6) is 0 Å². The van der Waals surface area contributed by atoms with E-state index in [9.17, 15) is 4.79 Å². The summed E-state index contributed by atoms with van der Waals surface area (Å²) < 4.78 is 0. The van der Waals surface area contributed by atoms with E-state index in [2.05, 4.69) is 86.4 Å². The predicted molar refractivity (Wildman–Crippen MR) is 128 cm³/mol. The fourth-order valence-corrected chi connectivity index (χ4v) is 4.01. The van der Waals surface area contributed by atoms with Crippen LogP contribution in [0.1, 0.15) is 70.2 Å². The average Bonchev–Trinajstić information content (AvgIpc) is 2.72. The second-order valence-corrected chi connectivity index (χ2v) is 9.72. The van der Waals surface area contributed by atoms with Gasteiger partial charge in [-0.3, -0.25) is 4.79 Å². The maximum atomic E-state index is 12.4. The van der Waals surface area contributed by atoms with Crippen molar-refractivity contribution < 1.29 is 4.79 Å². The standard InChI is InChI=1S/C27H36N2O/c1-20-7-6-18-29(19-20)25-15-11-23(12-16-25)21(2)28-26(30)17-10-22-8-13-24(14-9-22)27(3,4)5/h8-17,20-21H,6-7,18-19H2,1-5H3,(H,28,30)/b17-10+/t20-,21+/m0/s1. The van der Waals surface area contributed by atoms with E-state index in [1.54, 1.807) is 6.08 Å². The van der Waals surface area contributed by atoms with Gasteiger partial charge in [-0.15, -0.1) is 0 Å². The number of benzene rings is 2. The van der Waals surface area contributed by atoms with Crippen LogP contribution in [-0.2, 0) is 10.2 Å². The molecule has 1 heterocycles. The Kier molecular flexibility index (Phi) is 7.02. The Bertz CT molecular complexity index is 859. The monoisotopic (exact) mass is 404 g/mol. The quantitative estimate of drug-likeness (QED) is 0.610. The number of nitrogens with zero attached hydrogens (tertiary/aromatic N) is 1. The predicted octanol–water partition coefficient (Wildman–Crippen LogP) is 6.11. The van der Waals surface area contributed by atoms with Crippen LogP contribution in [0.4, 0.5) is 5.69 Å². The summed E-state index contributed by atoms with van der Waals surface area (Å²) in [5.74, 6) is 0.685. The summed E-state index contributed by atoms with van der Waals surface area (Å²) >= 11 is 0. The lowest BCUT2D eigenvalue weighted by Gasteiger charge is -2.33. The molecular formula is C27H36N2O. The maximum absolute atomic E-state index is 12.4. The van der Waals surface area contributed by atoms with E-state index in [0.717, 1.165) is 30.1 Å². The molecule has 0 aromatic heterocycles. The molecule has 0 saturated carbocycles. The summed E-state index contributed by atoms with van der Waals surface area (Å²) in [5, 5.41) is 3.07. The highest BCUT2D eigenvalue weighted by atomic mass is 16.1. The lowest BCUT2D eigenvalue weighted by atomic mass is 9.87. The van der Waals surface area contributed by atoms with Gasteiger partial charge in [0.2, 0.25) is 5.91 Å². The molecule has 2 atom stereocenters. The second-order valence-electron chi connectivity index (χ2n) is 9.72. The fourth-order valence-electron chi connectivity index (χ4n) is 4.01. The highest BCUT2D eigenvalue weighted by molar-refractivity contribution is 5.92. The molecule has 0 spiro atoms. The topological polar surface area (TPSA) is 32.3 Å². The number of rotatable bonds is 5. The number of anilines is 1. The van der Waals surface area contributed by atoms with Gasteiger partial charge in [-0.2, -0.15) is 0 Å². The van der Waals surface area contributed by atoms with E-state index in [-0.39, 0.29) is 17.4 Å². The lowest BCUT2D eigenvalue weighted by Crippen LogP contribution is -2.34. The van der Waals surface area contributed by atoms with Gasteiger partial charge in [0.25, 0.3) is 0 Å². The van der Waals surface area contributed by atoms with Crippen LogP contribution in [-0.4, -0.2) is 19.0 Å². The molecule has 3 heteroatoms. The SMILES string of the molecule is C[C@H]1CCCN(c2ccc([C@@H](C)NC(=O)/C=C/c3ccc(C(C)(C)C)cc3)cc2)C1. The van der Waals surface area contributed by atoms with E-state index in [1.165, 1.54) is 24.1 Å². The number of hydrogen-bond donors (Lipinski definition) is 1. The van der Waals surface area contributed by atoms with Gasteiger partial charge in [-0.1, -0.05) is 64.1 Å². The first-order valence-electron chi connectivity index (χ1n) is 11.2. The first kappa shape index (κ1) is 22.1. The molecule has 0 bridgehead atoms. The molecule has 0 aliphatic carbocycles. The van der Waals surface area contributed by atoms with Crippen LogP contribution in [0.2, 0.25) is 0 Å². The molecule has 3 nitrogen and oxygen atoms in total. The fraction of sp³-hybridized carbons (Fsp3) is 0.444. The van der Waals surface area contributed by atoms with Crippen LogP contribution in [0.15, 0.2) is 54.6 Å². The minimum atomic E-state index is -0.0728. The van der Waals surface area contributed by atoms with Gasteiger partial charge < -0.3 is 10.2 Å². The molecule has 1 N–H and O–H groups in total. The first-order chi connectivity index (χ1) is 14.2. The molecule has 3 rings (SSSR count). The van der Waals surface area contributed by atoms with Crippen LogP contribution < -0.4 is 10.2 Å². The molecule has 1 amide bonds. The second kappa shape index (κ2) is 9.51. The molecule has 0 unspecified atom stereocenters. The van der Waals surface area contributed by atoms with Gasteiger partial charge >= 0.3 is 0 Å². The van der Waals surface area contributed by atoms with Crippen molar-refractivity contribution in [2.24, 2.45) is 5.92 Å². The summed E-state index contributed by atoms with van der Waals surface area (Å²) in [6.45, 7) is 13.2. The summed E-state index contributed by atoms with van der Waals surface area (Å²) in [7, 11) is 0. The molecule has 1 aliphatic heterocycles. The lowest BCUT2D eigenvalue weighted by molar-refractivity contribution is -0.117. The molecule has 1 aliphatic rings.